The molecule has 0 aromatic rings. The largest absolute Gasteiger partial charge is 0.378 e. The SMILES string of the molecule is CN=C(NCC(=O)NC(C)(C)C)NC1CC(C)(OC)C1(C)C. The van der Waals surface area contributed by atoms with Gasteiger partial charge in [0.1, 0.15) is 0 Å². The zero-order valence-electron chi connectivity index (χ0n) is 15.3. The van der Waals surface area contributed by atoms with Crippen molar-refractivity contribution in [1.82, 2.24) is 16.0 Å². The number of aliphatic imine (C=N–C) groups is 1. The number of hydrogen-bond donors (Lipinski definition) is 3. The van der Waals surface area contributed by atoms with Gasteiger partial charge in [-0.15, -0.1) is 0 Å². The standard InChI is InChI=1S/C16H32N4O2/c1-14(2,3)20-12(21)10-18-13(17-7)19-11-9-16(6,22-8)15(11,4)5/h11H,9-10H2,1-8H3,(H,20,21)(H2,17,18,19). The number of carbonyl (C=O) groups is 1. The van der Waals surface area contributed by atoms with Gasteiger partial charge in [-0.25, -0.2) is 0 Å². The average Bonchev–Trinajstić information content (AvgIpc) is 2.39. The minimum atomic E-state index is -0.230. The molecule has 1 aliphatic rings. The molecule has 2 atom stereocenters. The highest BCUT2D eigenvalue weighted by atomic mass is 16.5. The van der Waals surface area contributed by atoms with Gasteiger partial charge >= 0.3 is 0 Å². The molecule has 1 rings (SSSR count). The van der Waals surface area contributed by atoms with Crippen molar-refractivity contribution in [2.45, 2.75) is 65.1 Å². The van der Waals surface area contributed by atoms with E-state index in [2.05, 4.69) is 41.7 Å². The van der Waals surface area contributed by atoms with Gasteiger partial charge in [-0.05, 0) is 34.1 Å². The van der Waals surface area contributed by atoms with Crippen molar-refractivity contribution in [1.29, 1.82) is 0 Å². The highest BCUT2D eigenvalue weighted by Gasteiger charge is 2.58. The maximum absolute atomic E-state index is 11.8. The van der Waals surface area contributed by atoms with Crippen LogP contribution in [0.15, 0.2) is 4.99 Å². The van der Waals surface area contributed by atoms with E-state index < -0.39 is 0 Å². The topological polar surface area (TPSA) is 74.8 Å². The molecule has 22 heavy (non-hydrogen) atoms. The lowest BCUT2D eigenvalue weighted by molar-refractivity contribution is -0.176. The van der Waals surface area contributed by atoms with Crippen LogP contribution < -0.4 is 16.0 Å². The van der Waals surface area contributed by atoms with E-state index in [1.54, 1.807) is 14.2 Å². The Morgan fingerprint density at radius 2 is 1.91 bits per heavy atom. The van der Waals surface area contributed by atoms with E-state index in [1.807, 2.05) is 20.8 Å². The van der Waals surface area contributed by atoms with E-state index in [0.29, 0.717) is 5.96 Å². The van der Waals surface area contributed by atoms with Crippen molar-refractivity contribution in [3.8, 4) is 0 Å². The molecule has 0 heterocycles. The zero-order chi connectivity index (χ0) is 17.2. The number of ether oxygens (including phenoxy) is 1. The van der Waals surface area contributed by atoms with E-state index in [-0.39, 0.29) is 35.0 Å². The van der Waals surface area contributed by atoms with Crippen molar-refractivity contribution in [2.75, 3.05) is 20.7 Å². The monoisotopic (exact) mass is 312 g/mol. The fourth-order valence-corrected chi connectivity index (χ4v) is 2.71. The molecular weight excluding hydrogens is 280 g/mol. The second kappa shape index (κ2) is 6.44. The van der Waals surface area contributed by atoms with Crippen LogP contribution in [0.4, 0.5) is 0 Å². The molecule has 0 aliphatic heterocycles. The second-order valence-electron chi connectivity index (χ2n) is 7.78. The van der Waals surface area contributed by atoms with Crippen molar-refractivity contribution in [3.63, 3.8) is 0 Å². The van der Waals surface area contributed by atoms with Crippen molar-refractivity contribution in [2.24, 2.45) is 10.4 Å². The summed E-state index contributed by atoms with van der Waals surface area (Å²) in [7, 11) is 3.46. The van der Waals surface area contributed by atoms with E-state index in [4.69, 9.17) is 4.74 Å². The van der Waals surface area contributed by atoms with Crippen LogP contribution in [-0.2, 0) is 9.53 Å². The Kier molecular flexibility index (Phi) is 5.49. The molecule has 0 bridgehead atoms. The summed E-state index contributed by atoms with van der Waals surface area (Å²) in [5.41, 5.74) is -0.369. The molecule has 0 radical (unpaired) electrons. The van der Waals surface area contributed by atoms with Crippen LogP contribution in [0.3, 0.4) is 0 Å². The van der Waals surface area contributed by atoms with Crippen LogP contribution in [0.1, 0.15) is 48.0 Å². The number of hydrogen-bond acceptors (Lipinski definition) is 3. The lowest BCUT2D eigenvalue weighted by Crippen LogP contribution is -2.69. The number of carbonyl (C=O) groups excluding carboxylic acids is 1. The predicted octanol–water partition coefficient (Wildman–Crippen LogP) is 1.27. The van der Waals surface area contributed by atoms with Gasteiger partial charge < -0.3 is 20.7 Å². The summed E-state index contributed by atoms with van der Waals surface area (Å²) in [5, 5.41) is 9.35. The Morgan fingerprint density at radius 3 is 2.32 bits per heavy atom. The zero-order valence-corrected chi connectivity index (χ0v) is 15.3. The second-order valence-corrected chi connectivity index (χ2v) is 7.78. The first kappa shape index (κ1) is 18.7. The molecule has 1 amide bonds. The van der Waals surface area contributed by atoms with Gasteiger partial charge in [0.25, 0.3) is 0 Å². The van der Waals surface area contributed by atoms with Crippen molar-refractivity contribution in [3.05, 3.63) is 0 Å². The third-order valence-corrected chi connectivity index (χ3v) is 4.74. The fourth-order valence-electron chi connectivity index (χ4n) is 2.71. The molecule has 6 heteroatoms. The summed E-state index contributed by atoms with van der Waals surface area (Å²) in [4.78, 5) is 16.0. The quantitative estimate of drug-likeness (QED) is 0.540. The lowest BCUT2D eigenvalue weighted by atomic mass is 9.56. The van der Waals surface area contributed by atoms with Gasteiger partial charge in [-0.2, -0.15) is 0 Å². The number of guanidine groups is 1. The van der Waals surface area contributed by atoms with Gasteiger partial charge in [-0.1, -0.05) is 13.8 Å². The molecule has 0 spiro atoms. The number of nitrogens with one attached hydrogen (secondary N) is 3. The van der Waals surface area contributed by atoms with Crippen LogP contribution in [0.25, 0.3) is 0 Å². The molecule has 6 nitrogen and oxygen atoms in total. The van der Waals surface area contributed by atoms with Gasteiger partial charge in [-0.3, -0.25) is 9.79 Å². The van der Waals surface area contributed by atoms with Gasteiger partial charge in [0, 0.05) is 31.2 Å². The van der Waals surface area contributed by atoms with E-state index in [1.165, 1.54) is 0 Å². The Labute approximate surface area is 134 Å². The highest BCUT2D eigenvalue weighted by Crippen LogP contribution is 2.51. The van der Waals surface area contributed by atoms with Crippen LogP contribution in [0.5, 0.6) is 0 Å². The molecule has 0 aromatic carbocycles. The third-order valence-electron chi connectivity index (χ3n) is 4.74. The first-order valence-electron chi connectivity index (χ1n) is 7.78. The molecule has 1 aliphatic carbocycles. The van der Waals surface area contributed by atoms with Gasteiger partial charge in [0.15, 0.2) is 5.96 Å². The normalized spacial score (nSPS) is 27.8. The number of amides is 1. The number of nitrogens with zero attached hydrogens (tertiary/aromatic N) is 1. The van der Waals surface area contributed by atoms with E-state index in [9.17, 15) is 4.79 Å². The summed E-state index contributed by atoms with van der Waals surface area (Å²) >= 11 is 0. The molecular formula is C16H32N4O2. The summed E-state index contributed by atoms with van der Waals surface area (Å²) in [6.07, 6.45) is 0.908. The minimum absolute atomic E-state index is 0.00691. The molecule has 1 saturated carbocycles. The Balaban J connectivity index is 2.50. The van der Waals surface area contributed by atoms with Crippen LogP contribution in [-0.4, -0.2) is 49.8 Å². The number of methoxy groups -OCH3 is 1. The van der Waals surface area contributed by atoms with E-state index >= 15 is 0 Å². The van der Waals surface area contributed by atoms with Crippen LogP contribution >= 0.6 is 0 Å². The molecule has 3 N–H and O–H groups in total. The molecule has 128 valence electrons. The molecule has 0 aromatic heterocycles. The van der Waals surface area contributed by atoms with Gasteiger partial charge in [0.05, 0.1) is 12.1 Å². The Hall–Kier alpha value is -1.30. The summed E-state index contributed by atoms with van der Waals surface area (Å²) in [6.45, 7) is 12.6. The molecule has 2 unspecified atom stereocenters. The van der Waals surface area contributed by atoms with Crippen molar-refractivity contribution < 1.29 is 9.53 Å². The summed E-state index contributed by atoms with van der Waals surface area (Å²) < 4.78 is 5.62. The first-order valence-corrected chi connectivity index (χ1v) is 7.78. The summed E-state index contributed by atoms with van der Waals surface area (Å²) in [5.74, 6) is 0.588. The Morgan fingerprint density at radius 1 is 1.32 bits per heavy atom. The minimum Gasteiger partial charge on any atom is -0.378 e. The van der Waals surface area contributed by atoms with E-state index in [0.717, 1.165) is 6.42 Å². The maximum Gasteiger partial charge on any atom is 0.239 e. The molecule has 1 fully saturated rings. The van der Waals surface area contributed by atoms with Gasteiger partial charge in [0.2, 0.25) is 5.91 Å². The number of rotatable bonds is 4. The predicted molar refractivity (Wildman–Crippen MR) is 90.0 cm³/mol. The smallest absolute Gasteiger partial charge is 0.239 e. The lowest BCUT2D eigenvalue weighted by Gasteiger charge is -2.59. The maximum atomic E-state index is 11.8. The average molecular weight is 312 g/mol. The summed E-state index contributed by atoms with van der Waals surface area (Å²) in [6, 6.07) is 0.259. The van der Waals surface area contributed by atoms with Crippen LogP contribution in [0.2, 0.25) is 0 Å². The van der Waals surface area contributed by atoms with Crippen molar-refractivity contribution >= 4 is 11.9 Å². The highest BCUT2D eigenvalue weighted by molar-refractivity contribution is 5.86. The fraction of sp³-hybridized carbons (Fsp3) is 0.875. The molecule has 0 saturated heterocycles. The third kappa shape index (κ3) is 4.12. The Bertz CT molecular complexity index is 440. The van der Waals surface area contributed by atoms with Crippen LogP contribution in [0, 0.1) is 5.41 Å². The first-order chi connectivity index (χ1) is 9.95.